The second-order valence-electron chi connectivity index (χ2n) is 5.27. The highest BCUT2D eigenvalue weighted by molar-refractivity contribution is 6.30. The molecule has 5 heteroatoms. The molecule has 3 nitrogen and oxygen atoms in total. The molecule has 1 heterocycles. The Labute approximate surface area is 151 Å². The number of aromatic nitrogens is 1. The highest BCUT2D eigenvalue weighted by Crippen LogP contribution is 2.26. The third kappa shape index (κ3) is 4.19. The van der Waals surface area contributed by atoms with Crippen LogP contribution in [0.4, 0.5) is 5.82 Å². The lowest BCUT2D eigenvalue weighted by atomic mass is 10.1. The number of benzene rings is 2. The standard InChI is InChI=1S/C19H16Cl2N2O/c1-24-17-8-2-13(3-9-17)12-22-19-11-15(10-18(21)23-19)14-4-6-16(20)7-5-14/h2-11H,12H2,1H3,(H,22,23). The van der Waals surface area contributed by atoms with Crippen molar-refractivity contribution in [3.63, 3.8) is 0 Å². The van der Waals surface area contributed by atoms with Crippen LogP contribution in [0.25, 0.3) is 11.1 Å². The molecule has 3 rings (SSSR count). The van der Waals surface area contributed by atoms with Crippen LogP contribution < -0.4 is 10.1 Å². The second kappa shape index (κ2) is 7.56. The summed E-state index contributed by atoms with van der Waals surface area (Å²) in [6.07, 6.45) is 0. The van der Waals surface area contributed by atoms with E-state index in [1.54, 1.807) is 7.11 Å². The lowest BCUT2D eigenvalue weighted by molar-refractivity contribution is 0.414. The van der Waals surface area contributed by atoms with E-state index in [1.807, 2.05) is 60.7 Å². The van der Waals surface area contributed by atoms with E-state index in [0.29, 0.717) is 16.7 Å². The maximum absolute atomic E-state index is 6.16. The molecule has 0 aliphatic rings. The number of nitrogens with one attached hydrogen (secondary N) is 1. The molecule has 0 atom stereocenters. The summed E-state index contributed by atoms with van der Waals surface area (Å²) in [7, 11) is 1.65. The molecule has 1 N–H and O–H groups in total. The van der Waals surface area contributed by atoms with Crippen LogP contribution in [0, 0.1) is 0 Å². The minimum atomic E-state index is 0.444. The number of nitrogens with zero attached hydrogens (tertiary/aromatic N) is 1. The van der Waals surface area contributed by atoms with Crippen molar-refractivity contribution in [2.75, 3.05) is 12.4 Å². The molecule has 0 aliphatic carbocycles. The minimum Gasteiger partial charge on any atom is -0.497 e. The number of rotatable bonds is 5. The largest absolute Gasteiger partial charge is 0.497 e. The summed E-state index contributed by atoms with van der Waals surface area (Å²) in [5.41, 5.74) is 3.16. The predicted octanol–water partition coefficient (Wildman–Crippen LogP) is 5.68. The molecular weight excluding hydrogens is 343 g/mol. The van der Waals surface area contributed by atoms with Crippen LogP contribution in [0.2, 0.25) is 10.2 Å². The van der Waals surface area contributed by atoms with Gasteiger partial charge in [-0.25, -0.2) is 4.98 Å². The third-order valence-electron chi connectivity index (χ3n) is 3.60. The second-order valence-corrected chi connectivity index (χ2v) is 6.10. The number of hydrogen-bond acceptors (Lipinski definition) is 3. The van der Waals surface area contributed by atoms with Crippen molar-refractivity contribution in [2.45, 2.75) is 6.54 Å². The van der Waals surface area contributed by atoms with E-state index in [0.717, 1.165) is 28.3 Å². The molecule has 122 valence electrons. The third-order valence-corrected chi connectivity index (χ3v) is 4.05. The van der Waals surface area contributed by atoms with Gasteiger partial charge in [0.1, 0.15) is 16.7 Å². The Morgan fingerprint density at radius 3 is 2.29 bits per heavy atom. The lowest BCUT2D eigenvalue weighted by Crippen LogP contribution is -2.01. The highest BCUT2D eigenvalue weighted by atomic mass is 35.5. The monoisotopic (exact) mass is 358 g/mol. The van der Waals surface area contributed by atoms with Gasteiger partial charge in [-0.2, -0.15) is 0 Å². The molecule has 0 bridgehead atoms. The van der Waals surface area contributed by atoms with E-state index in [4.69, 9.17) is 27.9 Å². The predicted molar refractivity (Wildman–Crippen MR) is 100 cm³/mol. The average Bonchev–Trinajstić information content (AvgIpc) is 2.60. The van der Waals surface area contributed by atoms with Gasteiger partial charge in [0.15, 0.2) is 0 Å². The first-order valence-electron chi connectivity index (χ1n) is 7.44. The topological polar surface area (TPSA) is 34.1 Å². The van der Waals surface area contributed by atoms with Crippen molar-refractivity contribution >= 4 is 29.0 Å². The van der Waals surface area contributed by atoms with E-state index in [1.165, 1.54) is 0 Å². The van der Waals surface area contributed by atoms with Gasteiger partial charge >= 0.3 is 0 Å². The summed E-state index contributed by atoms with van der Waals surface area (Å²) in [5, 5.41) is 4.45. The summed E-state index contributed by atoms with van der Waals surface area (Å²) in [6, 6.07) is 19.3. The Balaban J connectivity index is 1.76. The van der Waals surface area contributed by atoms with E-state index in [-0.39, 0.29) is 0 Å². The molecule has 2 aromatic carbocycles. The zero-order valence-electron chi connectivity index (χ0n) is 13.1. The number of anilines is 1. The Bertz CT molecular complexity index is 818. The van der Waals surface area contributed by atoms with Gasteiger partial charge in [-0.3, -0.25) is 0 Å². The van der Waals surface area contributed by atoms with E-state index < -0.39 is 0 Å². The Morgan fingerprint density at radius 2 is 1.62 bits per heavy atom. The first-order valence-corrected chi connectivity index (χ1v) is 8.20. The Hall–Kier alpha value is -2.23. The van der Waals surface area contributed by atoms with Crippen LogP contribution in [0.3, 0.4) is 0 Å². The Morgan fingerprint density at radius 1 is 0.917 bits per heavy atom. The van der Waals surface area contributed by atoms with E-state index in [2.05, 4.69) is 10.3 Å². The van der Waals surface area contributed by atoms with Gasteiger partial charge in [0, 0.05) is 11.6 Å². The van der Waals surface area contributed by atoms with Crippen molar-refractivity contribution in [1.29, 1.82) is 0 Å². The van der Waals surface area contributed by atoms with Gasteiger partial charge in [0.05, 0.1) is 7.11 Å². The van der Waals surface area contributed by atoms with Gasteiger partial charge < -0.3 is 10.1 Å². The molecule has 0 radical (unpaired) electrons. The zero-order chi connectivity index (χ0) is 16.9. The summed E-state index contributed by atoms with van der Waals surface area (Å²) < 4.78 is 5.16. The average molecular weight is 359 g/mol. The molecule has 0 spiro atoms. The Kier molecular flexibility index (Phi) is 5.24. The summed E-state index contributed by atoms with van der Waals surface area (Å²) >= 11 is 12.1. The maximum Gasteiger partial charge on any atom is 0.132 e. The van der Waals surface area contributed by atoms with Crippen molar-refractivity contribution in [2.24, 2.45) is 0 Å². The summed E-state index contributed by atoms with van der Waals surface area (Å²) in [4.78, 5) is 4.33. The number of pyridine rings is 1. The highest BCUT2D eigenvalue weighted by Gasteiger charge is 2.04. The molecule has 0 amide bonds. The molecule has 0 fully saturated rings. The van der Waals surface area contributed by atoms with Crippen LogP contribution >= 0.6 is 23.2 Å². The van der Waals surface area contributed by atoms with Gasteiger partial charge in [-0.05, 0) is 53.1 Å². The zero-order valence-corrected chi connectivity index (χ0v) is 14.6. The molecule has 0 saturated heterocycles. The van der Waals surface area contributed by atoms with Crippen LogP contribution in [0.15, 0.2) is 60.7 Å². The molecule has 0 aliphatic heterocycles. The van der Waals surface area contributed by atoms with Crippen LogP contribution in [-0.4, -0.2) is 12.1 Å². The first-order chi connectivity index (χ1) is 11.6. The number of methoxy groups -OCH3 is 1. The summed E-state index contributed by atoms with van der Waals surface area (Å²) in [6.45, 7) is 0.650. The normalized spacial score (nSPS) is 10.5. The fourth-order valence-electron chi connectivity index (χ4n) is 2.33. The van der Waals surface area contributed by atoms with Crippen LogP contribution in [-0.2, 0) is 6.54 Å². The molecular formula is C19H16Cl2N2O. The smallest absolute Gasteiger partial charge is 0.132 e. The van der Waals surface area contributed by atoms with Crippen molar-refractivity contribution in [3.05, 3.63) is 76.4 Å². The maximum atomic E-state index is 6.16. The van der Waals surface area contributed by atoms with Gasteiger partial charge in [0.2, 0.25) is 0 Å². The van der Waals surface area contributed by atoms with Crippen LogP contribution in [0.1, 0.15) is 5.56 Å². The molecule has 1 aromatic heterocycles. The van der Waals surface area contributed by atoms with Crippen molar-refractivity contribution < 1.29 is 4.74 Å². The van der Waals surface area contributed by atoms with Gasteiger partial charge in [-0.1, -0.05) is 47.5 Å². The fourth-order valence-corrected chi connectivity index (χ4v) is 2.67. The van der Waals surface area contributed by atoms with Gasteiger partial charge in [0.25, 0.3) is 0 Å². The molecule has 3 aromatic rings. The van der Waals surface area contributed by atoms with Crippen molar-refractivity contribution in [1.82, 2.24) is 4.98 Å². The number of hydrogen-bond donors (Lipinski definition) is 1. The molecule has 0 saturated carbocycles. The van der Waals surface area contributed by atoms with Crippen LogP contribution in [0.5, 0.6) is 5.75 Å². The SMILES string of the molecule is COc1ccc(CNc2cc(-c3ccc(Cl)cc3)cc(Cl)n2)cc1. The van der Waals surface area contributed by atoms with E-state index in [9.17, 15) is 0 Å². The fraction of sp³-hybridized carbons (Fsp3) is 0.105. The molecule has 0 unspecified atom stereocenters. The minimum absolute atomic E-state index is 0.444. The first kappa shape index (κ1) is 16.6. The van der Waals surface area contributed by atoms with Gasteiger partial charge in [-0.15, -0.1) is 0 Å². The number of halogens is 2. The molecule has 24 heavy (non-hydrogen) atoms. The van der Waals surface area contributed by atoms with Crippen molar-refractivity contribution in [3.8, 4) is 16.9 Å². The summed E-state index contributed by atoms with van der Waals surface area (Å²) in [5.74, 6) is 1.56. The number of ether oxygens (including phenoxy) is 1. The van der Waals surface area contributed by atoms with E-state index >= 15 is 0 Å². The quantitative estimate of drug-likeness (QED) is 0.596. The lowest BCUT2D eigenvalue weighted by Gasteiger charge is -2.09.